The van der Waals surface area contributed by atoms with Crippen LogP contribution < -0.4 is 5.32 Å². The maximum absolute atomic E-state index is 4.03. The number of nitrogens with one attached hydrogen (secondary N) is 1. The summed E-state index contributed by atoms with van der Waals surface area (Å²) in [6, 6.07) is 22.2. The van der Waals surface area contributed by atoms with Gasteiger partial charge < -0.3 is 9.80 Å². The van der Waals surface area contributed by atoms with Crippen molar-refractivity contribution in [1.82, 2.24) is 5.32 Å². The predicted molar refractivity (Wildman–Crippen MR) is 92.7 cm³/mol. The van der Waals surface area contributed by atoms with E-state index in [-0.39, 0.29) is 0 Å². The first-order valence-corrected chi connectivity index (χ1v) is 8.13. The van der Waals surface area contributed by atoms with Gasteiger partial charge in [-0.2, -0.15) is 0 Å². The standard InChI is InChI=1S/C20H25N2/c1-2-15-22(16-13-21-14-17-22)20(18-9-5-3-6-10-18)19-11-7-4-8-12-19/h2-12,20-21H,1,13-17H2/q+1. The van der Waals surface area contributed by atoms with Crippen molar-refractivity contribution in [2.24, 2.45) is 0 Å². The number of benzene rings is 2. The van der Waals surface area contributed by atoms with E-state index in [1.807, 2.05) is 0 Å². The van der Waals surface area contributed by atoms with Gasteiger partial charge in [-0.05, 0) is 6.08 Å². The molecular formula is C20H25N2+. The molecule has 0 spiro atoms. The van der Waals surface area contributed by atoms with Crippen LogP contribution in [0.15, 0.2) is 73.3 Å². The van der Waals surface area contributed by atoms with Crippen molar-refractivity contribution >= 4 is 0 Å². The van der Waals surface area contributed by atoms with Gasteiger partial charge in [0.15, 0.2) is 0 Å². The molecule has 0 saturated carbocycles. The second kappa shape index (κ2) is 6.91. The summed E-state index contributed by atoms with van der Waals surface area (Å²) in [4.78, 5) is 0. The lowest BCUT2D eigenvalue weighted by atomic mass is 9.93. The van der Waals surface area contributed by atoms with E-state index in [2.05, 4.69) is 78.6 Å². The zero-order valence-corrected chi connectivity index (χ0v) is 13.1. The number of quaternary nitrogens is 1. The van der Waals surface area contributed by atoms with Gasteiger partial charge in [-0.3, -0.25) is 0 Å². The molecular weight excluding hydrogens is 268 g/mol. The molecule has 0 amide bonds. The Morgan fingerprint density at radius 1 is 0.909 bits per heavy atom. The molecule has 1 heterocycles. The monoisotopic (exact) mass is 293 g/mol. The number of hydrogen-bond acceptors (Lipinski definition) is 1. The molecule has 1 fully saturated rings. The van der Waals surface area contributed by atoms with Gasteiger partial charge in [-0.25, -0.2) is 0 Å². The van der Waals surface area contributed by atoms with Gasteiger partial charge in [0.25, 0.3) is 0 Å². The van der Waals surface area contributed by atoms with E-state index >= 15 is 0 Å². The van der Waals surface area contributed by atoms with Crippen LogP contribution >= 0.6 is 0 Å². The molecule has 0 aromatic heterocycles. The van der Waals surface area contributed by atoms with E-state index < -0.39 is 0 Å². The largest absolute Gasteiger partial charge is 0.308 e. The van der Waals surface area contributed by atoms with Crippen molar-refractivity contribution in [2.45, 2.75) is 6.04 Å². The van der Waals surface area contributed by atoms with Crippen LogP contribution in [0.5, 0.6) is 0 Å². The quantitative estimate of drug-likeness (QED) is 0.658. The van der Waals surface area contributed by atoms with Crippen molar-refractivity contribution in [3.63, 3.8) is 0 Å². The summed E-state index contributed by atoms with van der Waals surface area (Å²) in [7, 11) is 0. The average Bonchev–Trinajstić information content (AvgIpc) is 2.58. The molecule has 1 aliphatic heterocycles. The summed E-state index contributed by atoms with van der Waals surface area (Å²) >= 11 is 0. The summed E-state index contributed by atoms with van der Waals surface area (Å²) in [5, 5.41) is 3.51. The summed E-state index contributed by atoms with van der Waals surface area (Å²) in [6.45, 7) is 9.47. The van der Waals surface area contributed by atoms with E-state index in [9.17, 15) is 0 Å². The van der Waals surface area contributed by atoms with Crippen LogP contribution in [-0.2, 0) is 0 Å². The van der Waals surface area contributed by atoms with Gasteiger partial charge in [-0.15, -0.1) is 0 Å². The van der Waals surface area contributed by atoms with Crippen molar-refractivity contribution in [1.29, 1.82) is 0 Å². The van der Waals surface area contributed by atoms with E-state index in [4.69, 9.17) is 0 Å². The normalized spacial score (nSPS) is 17.3. The third kappa shape index (κ3) is 2.99. The van der Waals surface area contributed by atoms with E-state index in [1.54, 1.807) is 0 Å². The minimum atomic E-state index is 0.377. The van der Waals surface area contributed by atoms with Crippen LogP contribution in [0, 0.1) is 0 Å². The summed E-state index contributed by atoms with van der Waals surface area (Å²) in [6.07, 6.45) is 2.09. The minimum Gasteiger partial charge on any atom is -0.308 e. The average molecular weight is 293 g/mol. The highest BCUT2D eigenvalue weighted by molar-refractivity contribution is 5.30. The lowest BCUT2D eigenvalue weighted by molar-refractivity contribution is -0.948. The van der Waals surface area contributed by atoms with Gasteiger partial charge >= 0.3 is 0 Å². The van der Waals surface area contributed by atoms with Crippen molar-refractivity contribution < 1.29 is 4.48 Å². The first-order valence-electron chi connectivity index (χ1n) is 8.13. The molecule has 0 unspecified atom stereocenters. The summed E-state index contributed by atoms with van der Waals surface area (Å²) in [5.74, 6) is 0. The second-order valence-electron chi connectivity index (χ2n) is 6.11. The smallest absolute Gasteiger partial charge is 0.141 e. The van der Waals surface area contributed by atoms with E-state index in [0.717, 1.165) is 37.2 Å². The summed E-state index contributed by atoms with van der Waals surface area (Å²) < 4.78 is 1.06. The molecule has 3 rings (SSSR count). The Kier molecular flexibility index (Phi) is 4.71. The molecule has 114 valence electrons. The zero-order chi connectivity index (χ0) is 15.3. The molecule has 0 atom stereocenters. The Hall–Kier alpha value is -1.90. The fraction of sp³-hybridized carbons (Fsp3) is 0.300. The molecule has 0 aliphatic carbocycles. The van der Waals surface area contributed by atoms with Gasteiger partial charge in [-0.1, -0.05) is 67.2 Å². The number of nitrogens with zero attached hydrogens (tertiary/aromatic N) is 1. The number of rotatable bonds is 5. The molecule has 1 aliphatic rings. The van der Waals surface area contributed by atoms with Gasteiger partial charge in [0, 0.05) is 24.2 Å². The topological polar surface area (TPSA) is 12.0 Å². The molecule has 2 heteroatoms. The van der Waals surface area contributed by atoms with Crippen molar-refractivity contribution in [3.05, 3.63) is 84.4 Å². The highest BCUT2D eigenvalue weighted by Gasteiger charge is 2.39. The Labute approximate surface area is 133 Å². The molecule has 2 nitrogen and oxygen atoms in total. The Morgan fingerprint density at radius 3 is 1.86 bits per heavy atom. The second-order valence-corrected chi connectivity index (χ2v) is 6.11. The van der Waals surface area contributed by atoms with Gasteiger partial charge in [0.1, 0.15) is 6.04 Å². The fourth-order valence-corrected chi connectivity index (χ4v) is 3.74. The fourth-order valence-electron chi connectivity index (χ4n) is 3.74. The van der Waals surface area contributed by atoms with E-state index in [0.29, 0.717) is 6.04 Å². The van der Waals surface area contributed by atoms with Crippen molar-refractivity contribution in [2.75, 3.05) is 32.7 Å². The minimum absolute atomic E-state index is 0.377. The van der Waals surface area contributed by atoms with Gasteiger partial charge in [0.2, 0.25) is 0 Å². The lowest BCUT2D eigenvalue weighted by Gasteiger charge is -2.47. The molecule has 2 aromatic rings. The van der Waals surface area contributed by atoms with Crippen LogP contribution in [0.1, 0.15) is 17.2 Å². The number of piperazine rings is 1. The summed E-state index contributed by atoms with van der Waals surface area (Å²) in [5.41, 5.74) is 2.80. The van der Waals surface area contributed by atoms with Crippen LogP contribution in [0.3, 0.4) is 0 Å². The maximum atomic E-state index is 4.03. The Morgan fingerprint density at radius 2 is 1.41 bits per heavy atom. The third-order valence-corrected chi connectivity index (χ3v) is 4.74. The number of hydrogen-bond donors (Lipinski definition) is 1. The Balaban J connectivity index is 2.09. The lowest BCUT2D eigenvalue weighted by Crippen LogP contribution is -2.60. The highest BCUT2D eigenvalue weighted by atomic mass is 15.4. The van der Waals surface area contributed by atoms with Crippen LogP contribution in [0.4, 0.5) is 0 Å². The van der Waals surface area contributed by atoms with Gasteiger partial charge in [0.05, 0.1) is 19.6 Å². The predicted octanol–water partition coefficient (Wildman–Crippen LogP) is 3.38. The molecule has 0 bridgehead atoms. The first-order chi connectivity index (χ1) is 10.9. The Bertz CT molecular complexity index is 546. The zero-order valence-electron chi connectivity index (χ0n) is 13.1. The van der Waals surface area contributed by atoms with Crippen molar-refractivity contribution in [3.8, 4) is 0 Å². The highest BCUT2D eigenvalue weighted by Crippen LogP contribution is 2.35. The SMILES string of the molecule is C=CC[N+]1(C(c2ccccc2)c2ccccc2)CCNCC1. The van der Waals surface area contributed by atoms with Crippen LogP contribution in [0.2, 0.25) is 0 Å². The van der Waals surface area contributed by atoms with Crippen LogP contribution in [0.25, 0.3) is 0 Å². The third-order valence-electron chi connectivity index (χ3n) is 4.74. The first kappa shape index (κ1) is 15.0. The molecule has 1 saturated heterocycles. The molecule has 1 N–H and O–H groups in total. The van der Waals surface area contributed by atoms with Crippen LogP contribution in [-0.4, -0.2) is 37.2 Å². The molecule has 2 aromatic carbocycles. The maximum Gasteiger partial charge on any atom is 0.141 e. The molecule has 0 radical (unpaired) electrons. The van der Waals surface area contributed by atoms with E-state index in [1.165, 1.54) is 11.1 Å². The molecule has 22 heavy (non-hydrogen) atoms.